The number of rotatable bonds is 1. The van der Waals surface area contributed by atoms with Crippen molar-refractivity contribution >= 4 is 6.09 Å². The molecule has 1 spiro atoms. The Hall–Kier alpha value is -0.770. The van der Waals surface area contributed by atoms with Crippen molar-refractivity contribution in [1.82, 2.24) is 4.90 Å². The molecule has 4 nitrogen and oxygen atoms in total. The number of hydrogen-bond acceptors (Lipinski definition) is 3. The van der Waals surface area contributed by atoms with Crippen LogP contribution >= 0.6 is 0 Å². The van der Waals surface area contributed by atoms with Gasteiger partial charge in [-0.1, -0.05) is 13.8 Å². The van der Waals surface area contributed by atoms with Crippen LogP contribution < -0.4 is 0 Å². The number of likely N-dealkylation sites (tertiary alicyclic amines) is 1. The van der Waals surface area contributed by atoms with Crippen LogP contribution in [0.15, 0.2) is 0 Å². The first-order chi connectivity index (χ1) is 8.72. The summed E-state index contributed by atoms with van der Waals surface area (Å²) in [5, 5.41) is 0. The maximum atomic E-state index is 12.3. The van der Waals surface area contributed by atoms with Gasteiger partial charge in [-0.3, -0.25) is 0 Å². The topological polar surface area (TPSA) is 42.1 Å². The predicted molar refractivity (Wildman–Crippen MR) is 71.9 cm³/mol. The Balaban J connectivity index is 1.69. The fourth-order valence-corrected chi connectivity index (χ4v) is 4.11. The summed E-state index contributed by atoms with van der Waals surface area (Å²) < 4.78 is 11.1. The van der Waals surface area contributed by atoms with Crippen LogP contribution in [-0.4, -0.2) is 41.4 Å². The summed E-state index contributed by atoms with van der Waals surface area (Å²) in [6.07, 6.45) is 3.04. The molecule has 108 valence electrons. The van der Waals surface area contributed by atoms with Crippen LogP contribution in [0, 0.1) is 11.3 Å². The number of nitrogens with zero attached hydrogens (tertiary/aromatic N) is 1. The minimum atomic E-state index is -0.414. The van der Waals surface area contributed by atoms with Crippen molar-refractivity contribution in [2.75, 3.05) is 6.54 Å². The number of epoxide rings is 1. The highest BCUT2D eigenvalue weighted by Gasteiger charge is 2.66. The molecule has 3 fully saturated rings. The van der Waals surface area contributed by atoms with Gasteiger partial charge in [0.2, 0.25) is 0 Å². The Labute approximate surface area is 115 Å². The second kappa shape index (κ2) is 3.87. The second-order valence-electron chi connectivity index (χ2n) is 7.78. The Morgan fingerprint density at radius 1 is 1.32 bits per heavy atom. The maximum absolute atomic E-state index is 12.3. The molecule has 0 N–H and O–H groups in total. The third-order valence-corrected chi connectivity index (χ3v) is 4.61. The van der Waals surface area contributed by atoms with E-state index in [0.717, 1.165) is 19.4 Å². The van der Waals surface area contributed by atoms with E-state index in [9.17, 15) is 4.79 Å². The quantitative estimate of drug-likeness (QED) is 0.686. The van der Waals surface area contributed by atoms with Crippen molar-refractivity contribution in [1.29, 1.82) is 0 Å². The van der Waals surface area contributed by atoms with E-state index in [0.29, 0.717) is 29.6 Å². The molecule has 19 heavy (non-hydrogen) atoms. The van der Waals surface area contributed by atoms with E-state index in [1.54, 1.807) is 0 Å². The van der Waals surface area contributed by atoms with E-state index in [1.165, 1.54) is 0 Å². The molecule has 4 heteroatoms. The van der Waals surface area contributed by atoms with Gasteiger partial charge in [-0.2, -0.15) is 0 Å². The molecule has 3 atom stereocenters. The number of ether oxygens (including phenoxy) is 2. The Morgan fingerprint density at radius 3 is 2.37 bits per heavy atom. The van der Waals surface area contributed by atoms with Crippen LogP contribution in [0.4, 0.5) is 4.79 Å². The SMILES string of the molecule is CC(C)C1N(C(=O)OC(C)(C)C)CC12CC1OC1C2. The van der Waals surface area contributed by atoms with Crippen molar-refractivity contribution in [2.45, 2.75) is 71.3 Å². The van der Waals surface area contributed by atoms with Gasteiger partial charge in [0.25, 0.3) is 0 Å². The van der Waals surface area contributed by atoms with Gasteiger partial charge in [-0.15, -0.1) is 0 Å². The minimum absolute atomic E-state index is 0.154. The smallest absolute Gasteiger partial charge is 0.410 e. The van der Waals surface area contributed by atoms with Gasteiger partial charge in [-0.05, 0) is 39.5 Å². The van der Waals surface area contributed by atoms with Crippen LogP contribution in [0.3, 0.4) is 0 Å². The Bertz CT molecular complexity index is 389. The van der Waals surface area contributed by atoms with Gasteiger partial charge in [0.15, 0.2) is 0 Å². The van der Waals surface area contributed by atoms with Crippen LogP contribution in [0.25, 0.3) is 0 Å². The Morgan fingerprint density at radius 2 is 1.89 bits per heavy atom. The normalized spacial score (nSPS) is 40.3. The molecule has 3 aliphatic rings. The van der Waals surface area contributed by atoms with Crippen molar-refractivity contribution in [3.8, 4) is 0 Å². The molecular weight excluding hydrogens is 242 g/mol. The molecule has 1 saturated carbocycles. The highest BCUT2D eigenvalue weighted by atomic mass is 16.6. The zero-order valence-electron chi connectivity index (χ0n) is 12.6. The average Bonchev–Trinajstić information content (AvgIpc) is 2.79. The van der Waals surface area contributed by atoms with Gasteiger partial charge in [0, 0.05) is 18.0 Å². The van der Waals surface area contributed by atoms with Gasteiger partial charge in [0.1, 0.15) is 5.60 Å². The van der Waals surface area contributed by atoms with E-state index in [-0.39, 0.29) is 6.09 Å². The largest absolute Gasteiger partial charge is 0.444 e. The number of carbonyl (C=O) groups excluding carboxylic acids is 1. The molecule has 0 bridgehead atoms. The lowest BCUT2D eigenvalue weighted by Gasteiger charge is -2.58. The number of amides is 1. The van der Waals surface area contributed by atoms with Crippen LogP contribution in [0.1, 0.15) is 47.5 Å². The first-order valence-electron chi connectivity index (χ1n) is 7.37. The van der Waals surface area contributed by atoms with Crippen molar-refractivity contribution in [3.05, 3.63) is 0 Å². The first-order valence-corrected chi connectivity index (χ1v) is 7.37. The highest BCUT2D eigenvalue weighted by Crippen LogP contribution is 2.59. The minimum Gasteiger partial charge on any atom is -0.444 e. The van der Waals surface area contributed by atoms with Crippen molar-refractivity contribution in [3.63, 3.8) is 0 Å². The molecule has 3 unspecified atom stereocenters. The van der Waals surface area contributed by atoms with Crippen LogP contribution in [-0.2, 0) is 9.47 Å². The fraction of sp³-hybridized carbons (Fsp3) is 0.933. The molecule has 2 heterocycles. The molecule has 3 rings (SSSR count). The molecule has 0 aromatic carbocycles. The summed E-state index contributed by atoms with van der Waals surface area (Å²) in [6, 6.07) is 0.318. The summed E-state index contributed by atoms with van der Waals surface area (Å²) in [6.45, 7) is 11.0. The van der Waals surface area contributed by atoms with Gasteiger partial charge in [-0.25, -0.2) is 4.79 Å². The molecular formula is C15H25NO3. The summed E-state index contributed by atoms with van der Waals surface area (Å²) in [5.41, 5.74) is -0.110. The molecule has 1 amide bonds. The first kappa shape index (κ1) is 13.2. The maximum Gasteiger partial charge on any atom is 0.410 e. The van der Waals surface area contributed by atoms with Gasteiger partial charge >= 0.3 is 6.09 Å². The standard InChI is InChI=1S/C15H25NO3/c1-9(2)12-15(6-10-11(7-15)18-10)8-16(12)13(17)19-14(3,4)5/h9-12H,6-8H2,1-5H3. The van der Waals surface area contributed by atoms with Crippen LogP contribution in [0.5, 0.6) is 0 Å². The fourth-order valence-electron chi connectivity index (χ4n) is 4.11. The highest BCUT2D eigenvalue weighted by molar-refractivity contribution is 5.70. The second-order valence-corrected chi connectivity index (χ2v) is 7.78. The van der Waals surface area contributed by atoms with Gasteiger partial charge in [0.05, 0.1) is 12.2 Å². The predicted octanol–water partition coefficient (Wildman–Crippen LogP) is 2.81. The van der Waals surface area contributed by atoms with E-state index in [2.05, 4.69) is 13.8 Å². The van der Waals surface area contributed by atoms with E-state index >= 15 is 0 Å². The Kier molecular flexibility index (Phi) is 2.70. The van der Waals surface area contributed by atoms with E-state index in [1.807, 2.05) is 25.7 Å². The monoisotopic (exact) mass is 267 g/mol. The lowest BCUT2D eigenvalue weighted by atomic mass is 9.65. The van der Waals surface area contributed by atoms with Crippen LogP contribution in [0.2, 0.25) is 0 Å². The summed E-state index contributed by atoms with van der Waals surface area (Å²) in [7, 11) is 0. The van der Waals surface area contributed by atoms with E-state index < -0.39 is 5.60 Å². The zero-order chi connectivity index (χ0) is 14.0. The molecule has 0 radical (unpaired) electrons. The number of fused-ring (bicyclic) bond motifs is 1. The molecule has 2 aliphatic heterocycles. The summed E-state index contributed by atoms with van der Waals surface area (Å²) in [4.78, 5) is 14.2. The zero-order valence-corrected chi connectivity index (χ0v) is 12.6. The lowest BCUT2D eigenvalue weighted by molar-refractivity contribution is -0.108. The average molecular weight is 267 g/mol. The molecule has 0 aromatic rings. The van der Waals surface area contributed by atoms with Gasteiger partial charge < -0.3 is 14.4 Å². The number of hydrogen-bond donors (Lipinski definition) is 0. The molecule has 0 aromatic heterocycles. The molecule has 1 aliphatic carbocycles. The van der Waals surface area contributed by atoms with E-state index in [4.69, 9.17) is 9.47 Å². The van der Waals surface area contributed by atoms with Crippen molar-refractivity contribution in [2.24, 2.45) is 11.3 Å². The summed E-state index contributed by atoms with van der Waals surface area (Å²) in [5.74, 6) is 0.471. The lowest BCUT2D eigenvalue weighted by Crippen LogP contribution is -2.68. The summed E-state index contributed by atoms with van der Waals surface area (Å²) >= 11 is 0. The molecule has 2 saturated heterocycles. The van der Waals surface area contributed by atoms with Crippen molar-refractivity contribution < 1.29 is 14.3 Å². The third-order valence-electron chi connectivity index (χ3n) is 4.61. The number of carbonyl (C=O) groups is 1. The third kappa shape index (κ3) is 2.14.